The summed E-state index contributed by atoms with van der Waals surface area (Å²) < 4.78 is 51.5. The molecule has 0 heterocycles. The molecule has 0 spiro atoms. The van der Waals surface area contributed by atoms with Gasteiger partial charge in [-0.05, 0) is 38.1 Å². The van der Waals surface area contributed by atoms with Crippen LogP contribution in [-0.2, 0) is 19.7 Å². The van der Waals surface area contributed by atoms with E-state index in [1.54, 1.807) is 38.1 Å². The molecular weight excluding hydrogens is 380 g/mol. The zero-order chi connectivity index (χ0) is 20.3. The lowest BCUT2D eigenvalue weighted by Crippen LogP contribution is -2.46. The van der Waals surface area contributed by atoms with Crippen LogP contribution in [0.15, 0.2) is 58.3 Å². The Hall–Kier alpha value is -2.54. The smallest absolute Gasteiger partial charge is 0.203 e. The van der Waals surface area contributed by atoms with Gasteiger partial charge in [-0.3, -0.25) is 0 Å². The van der Waals surface area contributed by atoms with Crippen molar-refractivity contribution in [2.45, 2.75) is 40.6 Å². The lowest BCUT2D eigenvalue weighted by molar-refractivity contribution is 0.541. The van der Waals surface area contributed by atoms with Gasteiger partial charge >= 0.3 is 0 Å². The van der Waals surface area contributed by atoms with Crippen molar-refractivity contribution >= 4 is 19.7 Å². The molecule has 27 heavy (non-hydrogen) atoms. The van der Waals surface area contributed by atoms with Crippen molar-refractivity contribution < 1.29 is 16.8 Å². The van der Waals surface area contributed by atoms with Crippen LogP contribution >= 0.6 is 0 Å². The second kappa shape index (κ2) is 7.60. The van der Waals surface area contributed by atoms with E-state index in [4.69, 9.17) is 12.8 Å². The minimum Gasteiger partial charge on any atom is -0.222 e. The zero-order valence-corrected chi connectivity index (χ0v) is 16.8. The molecule has 2 aromatic rings. The van der Waals surface area contributed by atoms with Gasteiger partial charge < -0.3 is 0 Å². The molecule has 0 bridgehead atoms. The van der Waals surface area contributed by atoms with Gasteiger partial charge in [-0.15, -0.1) is 24.7 Å². The monoisotopic (exact) mass is 400 g/mol. The summed E-state index contributed by atoms with van der Waals surface area (Å²) in [6, 6.07) is 11.9. The van der Waals surface area contributed by atoms with Crippen LogP contribution in [0.5, 0.6) is 0 Å². The quantitative estimate of drug-likeness (QED) is 0.698. The number of rotatable bonds is 6. The normalized spacial score (nSPS) is 12.1. The van der Waals surface area contributed by atoms with Crippen LogP contribution in [0.25, 0.3) is 0 Å². The molecule has 140 valence electrons. The van der Waals surface area contributed by atoms with Gasteiger partial charge in [0.1, 0.15) is 0 Å². The molecule has 0 saturated carbocycles. The Morgan fingerprint density at radius 3 is 1.26 bits per heavy atom. The molecule has 4 nitrogen and oxygen atoms in total. The first kappa shape index (κ1) is 20.8. The third kappa shape index (κ3) is 3.51. The van der Waals surface area contributed by atoms with Gasteiger partial charge in [0.05, 0.1) is 9.79 Å². The summed E-state index contributed by atoms with van der Waals surface area (Å²) in [6.45, 7) is 3.60. The molecule has 0 aliphatic carbocycles. The molecule has 6 heteroatoms. The van der Waals surface area contributed by atoms with E-state index in [0.717, 1.165) is 11.1 Å². The second-order valence-electron chi connectivity index (χ2n) is 6.31. The van der Waals surface area contributed by atoms with Gasteiger partial charge in [0, 0.05) is 12.8 Å². The first-order chi connectivity index (χ1) is 12.6. The highest BCUT2D eigenvalue weighted by Gasteiger charge is 2.55. The molecule has 0 unspecified atom stereocenters. The molecule has 2 rings (SSSR count). The van der Waals surface area contributed by atoms with Crippen molar-refractivity contribution in [3.05, 3.63) is 59.7 Å². The fourth-order valence-corrected chi connectivity index (χ4v) is 7.44. The fourth-order valence-electron chi connectivity index (χ4n) is 2.76. The highest BCUT2D eigenvalue weighted by atomic mass is 32.3. The van der Waals surface area contributed by atoms with E-state index in [2.05, 4.69) is 11.8 Å². The predicted octanol–water partition coefficient (Wildman–Crippen LogP) is 3.29. The van der Waals surface area contributed by atoms with E-state index >= 15 is 0 Å². The number of sulfone groups is 2. The maximum absolute atomic E-state index is 13.5. The Morgan fingerprint density at radius 1 is 0.704 bits per heavy atom. The van der Waals surface area contributed by atoms with Crippen LogP contribution in [0, 0.1) is 38.5 Å². The number of benzene rings is 2. The van der Waals surface area contributed by atoms with E-state index < -0.39 is 36.6 Å². The molecular formula is C21H20O4S2. The van der Waals surface area contributed by atoms with Crippen LogP contribution in [0.4, 0.5) is 0 Å². The summed E-state index contributed by atoms with van der Waals surface area (Å²) in [5.41, 5.74) is 1.68. The maximum Gasteiger partial charge on any atom is 0.203 e. The average molecular weight is 401 g/mol. The minimum atomic E-state index is -4.39. The van der Waals surface area contributed by atoms with Gasteiger partial charge in [0.25, 0.3) is 0 Å². The highest BCUT2D eigenvalue weighted by molar-refractivity contribution is 8.10. The minimum absolute atomic E-state index is 0.130. The van der Waals surface area contributed by atoms with Crippen LogP contribution in [0.1, 0.15) is 24.0 Å². The van der Waals surface area contributed by atoms with E-state index in [-0.39, 0.29) is 9.79 Å². The predicted molar refractivity (Wildman–Crippen MR) is 106 cm³/mol. The highest BCUT2D eigenvalue weighted by Crippen LogP contribution is 2.41. The Bertz CT molecular complexity index is 1020. The van der Waals surface area contributed by atoms with Crippen molar-refractivity contribution in [1.82, 2.24) is 0 Å². The Balaban J connectivity index is 2.84. The Labute approximate surface area is 161 Å². The molecule has 0 atom stereocenters. The Morgan fingerprint density at radius 2 is 1.00 bits per heavy atom. The summed E-state index contributed by atoms with van der Waals surface area (Å²) in [7, 11) is -8.79. The van der Waals surface area contributed by atoms with Crippen molar-refractivity contribution in [3.8, 4) is 24.7 Å². The third-order valence-corrected chi connectivity index (χ3v) is 10.0. The number of terminal acetylenes is 2. The average Bonchev–Trinajstić information content (AvgIpc) is 2.62. The third-order valence-electron chi connectivity index (χ3n) is 4.38. The topological polar surface area (TPSA) is 68.3 Å². The van der Waals surface area contributed by atoms with Crippen LogP contribution in [-0.4, -0.2) is 20.9 Å². The maximum atomic E-state index is 13.5. The summed E-state index contributed by atoms with van der Waals surface area (Å²) in [4.78, 5) is -0.261. The Kier molecular flexibility index (Phi) is 5.85. The number of hydrogen-bond donors (Lipinski definition) is 0. The number of aryl methyl sites for hydroxylation is 2. The van der Waals surface area contributed by atoms with Gasteiger partial charge in [0.2, 0.25) is 23.8 Å². The van der Waals surface area contributed by atoms with E-state index in [9.17, 15) is 16.8 Å². The van der Waals surface area contributed by atoms with Crippen molar-refractivity contribution in [2.24, 2.45) is 0 Å². The molecule has 2 aromatic carbocycles. The first-order valence-electron chi connectivity index (χ1n) is 8.12. The van der Waals surface area contributed by atoms with Crippen molar-refractivity contribution in [1.29, 1.82) is 0 Å². The summed E-state index contributed by atoms with van der Waals surface area (Å²) in [5, 5.41) is 0. The molecule has 0 fully saturated rings. The molecule has 0 radical (unpaired) electrons. The van der Waals surface area contributed by atoms with Crippen LogP contribution in [0.2, 0.25) is 0 Å². The SMILES string of the molecule is C#CCC(CC#C)(S(=O)(=O)c1ccc(C)cc1)S(=O)(=O)c1ccc(C)cc1. The standard InChI is InChI=1S/C21H20O4S2/c1-5-15-21(16-6-2,26(22,23)19-11-7-17(3)8-12-19)27(24,25)20-13-9-18(4)10-14-20/h1-2,7-14H,15-16H2,3-4H3. The van der Waals surface area contributed by atoms with Crippen molar-refractivity contribution in [2.75, 3.05) is 0 Å². The largest absolute Gasteiger partial charge is 0.222 e. The van der Waals surface area contributed by atoms with E-state index in [1.165, 1.54) is 24.3 Å². The van der Waals surface area contributed by atoms with Gasteiger partial charge in [-0.25, -0.2) is 16.8 Å². The lowest BCUT2D eigenvalue weighted by atomic mass is 10.2. The first-order valence-corrected chi connectivity index (χ1v) is 11.1. The lowest BCUT2D eigenvalue weighted by Gasteiger charge is -2.30. The van der Waals surface area contributed by atoms with Crippen molar-refractivity contribution in [3.63, 3.8) is 0 Å². The second-order valence-corrected chi connectivity index (χ2v) is 11.1. The van der Waals surface area contributed by atoms with E-state index in [0.29, 0.717) is 0 Å². The summed E-state index contributed by atoms with van der Waals surface area (Å²) in [6.07, 6.45) is 9.69. The van der Waals surface area contributed by atoms with Crippen LogP contribution in [0.3, 0.4) is 0 Å². The van der Waals surface area contributed by atoms with Crippen LogP contribution < -0.4 is 0 Å². The van der Waals surface area contributed by atoms with Gasteiger partial charge in [0.15, 0.2) is 0 Å². The fraction of sp³-hybridized carbons (Fsp3) is 0.238. The summed E-state index contributed by atoms with van der Waals surface area (Å²) in [5.74, 6) is 4.43. The molecule has 0 amide bonds. The van der Waals surface area contributed by atoms with Gasteiger partial charge in [-0.1, -0.05) is 35.4 Å². The number of hydrogen-bond acceptors (Lipinski definition) is 4. The van der Waals surface area contributed by atoms with Gasteiger partial charge in [-0.2, -0.15) is 0 Å². The summed E-state index contributed by atoms with van der Waals surface area (Å²) >= 11 is 0. The zero-order valence-electron chi connectivity index (χ0n) is 15.1. The molecule has 0 aromatic heterocycles. The van der Waals surface area contributed by atoms with E-state index in [1.807, 2.05) is 0 Å². The molecule has 0 aliphatic heterocycles. The molecule has 0 aliphatic rings. The molecule has 0 N–H and O–H groups in total. The molecule has 0 saturated heterocycles.